The van der Waals surface area contributed by atoms with E-state index < -0.39 is 17.6 Å². The minimum atomic E-state index is -1.07. The number of carboxylic acids is 1. The van der Waals surface area contributed by atoms with Crippen LogP contribution in [0.2, 0.25) is 0 Å². The molecule has 1 aliphatic rings. The lowest BCUT2D eigenvalue weighted by atomic mass is 10.0. The number of benzene rings is 1. The Balaban J connectivity index is 1.77. The smallest absolute Gasteiger partial charge is 0.354 e. The predicted molar refractivity (Wildman–Crippen MR) is 87.8 cm³/mol. The van der Waals surface area contributed by atoms with E-state index in [-0.39, 0.29) is 11.7 Å². The van der Waals surface area contributed by atoms with Crippen LogP contribution in [-0.4, -0.2) is 27.0 Å². The van der Waals surface area contributed by atoms with Crippen molar-refractivity contribution in [3.8, 4) is 0 Å². The Kier molecular flexibility index (Phi) is 3.63. The van der Waals surface area contributed by atoms with Crippen molar-refractivity contribution in [2.24, 2.45) is 0 Å². The van der Waals surface area contributed by atoms with Crippen molar-refractivity contribution in [3.05, 3.63) is 65.6 Å². The lowest BCUT2D eigenvalue weighted by Crippen LogP contribution is -2.24. The molecule has 1 aliphatic heterocycles. The molecule has 3 aromatic rings. The standard InChI is InChI=1S/C18H15F2N3O2/c19-11-3-5-14(20)13(8-11)15-2-1-7-22(15)12-4-6-17-21-9-16(18(24)25)23(17)10-12/h3-6,8-10,15H,1-2,7H2,(H,24,25)/t15-/m1/s1. The molecule has 4 rings (SSSR count). The Labute approximate surface area is 142 Å². The van der Waals surface area contributed by atoms with Crippen molar-refractivity contribution in [1.29, 1.82) is 0 Å². The first-order chi connectivity index (χ1) is 12.0. The van der Waals surface area contributed by atoms with Crippen molar-refractivity contribution in [1.82, 2.24) is 9.38 Å². The molecule has 1 fully saturated rings. The van der Waals surface area contributed by atoms with E-state index in [0.717, 1.165) is 24.2 Å². The fourth-order valence-electron chi connectivity index (χ4n) is 3.47. The largest absolute Gasteiger partial charge is 0.477 e. The molecule has 1 aromatic carbocycles. The summed E-state index contributed by atoms with van der Waals surface area (Å²) < 4.78 is 29.3. The van der Waals surface area contributed by atoms with Crippen molar-refractivity contribution in [2.75, 3.05) is 11.4 Å². The molecule has 5 nitrogen and oxygen atoms in total. The van der Waals surface area contributed by atoms with Gasteiger partial charge in [0.15, 0.2) is 5.69 Å². The molecular weight excluding hydrogens is 328 g/mol. The first-order valence-electron chi connectivity index (χ1n) is 7.96. The van der Waals surface area contributed by atoms with Gasteiger partial charge in [0.1, 0.15) is 17.3 Å². The molecule has 0 spiro atoms. The van der Waals surface area contributed by atoms with Gasteiger partial charge in [0.2, 0.25) is 0 Å². The van der Waals surface area contributed by atoms with Crippen LogP contribution < -0.4 is 4.90 Å². The summed E-state index contributed by atoms with van der Waals surface area (Å²) in [5.74, 6) is -1.98. The summed E-state index contributed by atoms with van der Waals surface area (Å²) in [5, 5.41) is 9.26. The summed E-state index contributed by atoms with van der Waals surface area (Å²) >= 11 is 0. The summed E-state index contributed by atoms with van der Waals surface area (Å²) in [4.78, 5) is 17.4. The van der Waals surface area contributed by atoms with Gasteiger partial charge in [-0.05, 0) is 43.2 Å². The van der Waals surface area contributed by atoms with E-state index in [2.05, 4.69) is 4.98 Å². The number of hydrogen-bond acceptors (Lipinski definition) is 3. The SMILES string of the molecule is O=C(O)c1cnc2ccc(N3CCC[C@@H]3c3cc(F)ccc3F)cn12. The highest BCUT2D eigenvalue weighted by Crippen LogP contribution is 2.37. The fourth-order valence-corrected chi connectivity index (χ4v) is 3.47. The van der Waals surface area contributed by atoms with Gasteiger partial charge in [-0.2, -0.15) is 0 Å². The Bertz CT molecular complexity index is 970. The van der Waals surface area contributed by atoms with E-state index in [1.807, 2.05) is 11.0 Å². The summed E-state index contributed by atoms with van der Waals surface area (Å²) in [6, 6.07) is 6.74. The van der Waals surface area contributed by atoms with Crippen LogP contribution in [-0.2, 0) is 0 Å². The number of carboxylic acid groups (broad SMARTS) is 1. The summed E-state index contributed by atoms with van der Waals surface area (Å²) in [6.07, 6.45) is 4.53. The average molecular weight is 343 g/mol. The van der Waals surface area contributed by atoms with Gasteiger partial charge < -0.3 is 10.0 Å². The number of halogens is 2. The minimum absolute atomic E-state index is 0.0598. The van der Waals surface area contributed by atoms with Crippen molar-refractivity contribution in [2.45, 2.75) is 18.9 Å². The highest BCUT2D eigenvalue weighted by atomic mass is 19.1. The Morgan fingerprint density at radius 1 is 1.24 bits per heavy atom. The van der Waals surface area contributed by atoms with Crippen LogP contribution in [0.4, 0.5) is 14.5 Å². The molecule has 128 valence electrons. The van der Waals surface area contributed by atoms with Crippen molar-refractivity contribution >= 4 is 17.3 Å². The van der Waals surface area contributed by atoms with Crippen LogP contribution in [0.5, 0.6) is 0 Å². The quantitative estimate of drug-likeness (QED) is 0.789. The van der Waals surface area contributed by atoms with Gasteiger partial charge >= 0.3 is 5.97 Å². The number of aromatic carboxylic acids is 1. The number of fused-ring (bicyclic) bond motifs is 1. The van der Waals surface area contributed by atoms with Crippen molar-refractivity contribution in [3.63, 3.8) is 0 Å². The normalized spacial score (nSPS) is 17.4. The van der Waals surface area contributed by atoms with Gasteiger partial charge in [0, 0.05) is 18.3 Å². The van der Waals surface area contributed by atoms with Crippen LogP contribution >= 0.6 is 0 Å². The number of carbonyl (C=O) groups is 1. The summed E-state index contributed by atoms with van der Waals surface area (Å²) in [5.41, 5.74) is 1.65. The predicted octanol–water partition coefficient (Wildman–Crippen LogP) is 3.65. The number of pyridine rings is 1. The third-order valence-electron chi connectivity index (χ3n) is 4.61. The first-order valence-corrected chi connectivity index (χ1v) is 7.96. The molecule has 0 radical (unpaired) electrons. The third-order valence-corrected chi connectivity index (χ3v) is 4.61. The van der Waals surface area contributed by atoms with Crippen LogP contribution in [0, 0.1) is 11.6 Å². The molecular formula is C18H15F2N3O2. The molecule has 25 heavy (non-hydrogen) atoms. The zero-order valence-electron chi connectivity index (χ0n) is 13.2. The topological polar surface area (TPSA) is 57.8 Å². The van der Waals surface area contributed by atoms with E-state index >= 15 is 0 Å². The number of aromatic nitrogens is 2. The number of imidazole rings is 1. The van der Waals surface area contributed by atoms with Crippen LogP contribution in [0.3, 0.4) is 0 Å². The second-order valence-electron chi connectivity index (χ2n) is 6.08. The number of anilines is 1. The summed E-state index contributed by atoms with van der Waals surface area (Å²) in [6.45, 7) is 0.684. The maximum Gasteiger partial charge on any atom is 0.354 e. The van der Waals surface area contributed by atoms with Gasteiger partial charge in [0.05, 0.1) is 17.9 Å². The minimum Gasteiger partial charge on any atom is -0.477 e. The highest BCUT2D eigenvalue weighted by Gasteiger charge is 2.29. The Morgan fingerprint density at radius 3 is 2.88 bits per heavy atom. The van der Waals surface area contributed by atoms with Crippen molar-refractivity contribution < 1.29 is 18.7 Å². The van der Waals surface area contributed by atoms with Gasteiger partial charge in [-0.1, -0.05) is 0 Å². The van der Waals surface area contributed by atoms with Crippen LogP contribution in [0.25, 0.3) is 5.65 Å². The lowest BCUT2D eigenvalue weighted by molar-refractivity contribution is 0.0689. The molecule has 0 unspecified atom stereocenters. The lowest BCUT2D eigenvalue weighted by Gasteiger charge is -2.27. The van der Waals surface area contributed by atoms with Gasteiger partial charge in [-0.3, -0.25) is 4.40 Å². The van der Waals surface area contributed by atoms with Gasteiger partial charge in [0.25, 0.3) is 0 Å². The number of rotatable bonds is 3. The Hall–Kier alpha value is -2.96. The molecule has 0 bridgehead atoms. The summed E-state index contributed by atoms with van der Waals surface area (Å²) in [7, 11) is 0. The van der Waals surface area contributed by atoms with Crippen LogP contribution in [0.15, 0.2) is 42.7 Å². The van der Waals surface area contributed by atoms with E-state index in [0.29, 0.717) is 24.2 Å². The fraction of sp³-hybridized carbons (Fsp3) is 0.222. The zero-order valence-corrected chi connectivity index (χ0v) is 13.2. The Morgan fingerprint density at radius 2 is 2.08 bits per heavy atom. The van der Waals surface area contributed by atoms with E-state index in [9.17, 15) is 18.7 Å². The molecule has 7 heteroatoms. The molecule has 1 saturated heterocycles. The van der Waals surface area contributed by atoms with E-state index in [1.54, 1.807) is 12.3 Å². The number of nitrogens with zero attached hydrogens (tertiary/aromatic N) is 3. The molecule has 3 heterocycles. The maximum absolute atomic E-state index is 14.2. The average Bonchev–Trinajstić information content (AvgIpc) is 3.22. The molecule has 0 aliphatic carbocycles. The number of hydrogen-bond donors (Lipinski definition) is 1. The molecule has 0 saturated carbocycles. The van der Waals surface area contributed by atoms with Crippen LogP contribution in [0.1, 0.15) is 34.9 Å². The molecule has 0 amide bonds. The second-order valence-corrected chi connectivity index (χ2v) is 6.08. The van der Waals surface area contributed by atoms with E-state index in [4.69, 9.17) is 0 Å². The zero-order chi connectivity index (χ0) is 17.6. The van der Waals surface area contributed by atoms with Gasteiger partial charge in [-0.15, -0.1) is 0 Å². The molecule has 2 aromatic heterocycles. The third kappa shape index (κ3) is 2.61. The monoisotopic (exact) mass is 343 g/mol. The molecule has 1 N–H and O–H groups in total. The highest BCUT2D eigenvalue weighted by molar-refractivity contribution is 5.86. The van der Waals surface area contributed by atoms with E-state index in [1.165, 1.54) is 16.7 Å². The second kappa shape index (κ2) is 5.84. The maximum atomic E-state index is 14.2. The molecule has 1 atom stereocenters. The van der Waals surface area contributed by atoms with Gasteiger partial charge in [-0.25, -0.2) is 18.6 Å². The first kappa shape index (κ1) is 15.6.